The van der Waals surface area contributed by atoms with Gasteiger partial charge in [0.1, 0.15) is 17.5 Å². The normalized spacial score (nSPS) is 19.0. The van der Waals surface area contributed by atoms with Crippen molar-refractivity contribution in [1.29, 1.82) is 0 Å². The van der Waals surface area contributed by atoms with Crippen LogP contribution in [0.4, 0.5) is 13.6 Å². The van der Waals surface area contributed by atoms with Gasteiger partial charge < -0.3 is 14.8 Å². The number of alkyl halides is 2. The van der Waals surface area contributed by atoms with Gasteiger partial charge in [-0.05, 0) is 29.8 Å². The first-order valence-electron chi connectivity index (χ1n) is 6.68. The Kier molecular flexibility index (Phi) is 5.05. The molecule has 1 fully saturated rings. The van der Waals surface area contributed by atoms with Crippen LogP contribution in [-0.4, -0.2) is 18.6 Å². The van der Waals surface area contributed by atoms with Crippen LogP contribution >= 0.6 is 12.4 Å². The molecule has 1 aliphatic rings. The van der Waals surface area contributed by atoms with E-state index in [1.54, 1.807) is 24.3 Å². The molecule has 0 unspecified atom stereocenters. The topological polar surface area (TPSA) is 47.6 Å². The molecule has 1 N–H and O–H groups in total. The Hall–Kier alpha value is -2.34. The SMILES string of the molecule is Cl.O=C1N[C@H](c2cccc(Oc3ccccc3)c2)C(F)(F)CO1. The Balaban J connectivity index is 0.00000192. The monoisotopic (exact) mass is 341 g/mol. The van der Waals surface area contributed by atoms with Crippen LogP contribution in [0.1, 0.15) is 11.6 Å². The molecule has 1 atom stereocenters. The highest BCUT2D eigenvalue weighted by molar-refractivity contribution is 5.85. The van der Waals surface area contributed by atoms with Gasteiger partial charge in [-0.2, -0.15) is 0 Å². The zero-order valence-electron chi connectivity index (χ0n) is 11.9. The van der Waals surface area contributed by atoms with Crippen molar-refractivity contribution in [2.45, 2.75) is 12.0 Å². The molecule has 0 aromatic heterocycles. The van der Waals surface area contributed by atoms with E-state index in [1.807, 2.05) is 18.2 Å². The molecule has 1 amide bonds. The van der Waals surface area contributed by atoms with Crippen LogP contribution in [0.2, 0.25) is 0 Å². The Morgan fingerprint density at radius 1 is 1.09 bits per heavy atom. The maximum Gasteiger partial charge on any atom is 0.408 e. The smallest absolute Gasteiger partial charge is 0.408 e. The van der Waals surface area contributed by atoms with E-state index in [1.165, 1.54) is 12.1 Å². The molecule has 1 saturated heterocycles. The summed E-state index contributed by atoms with van der Waals surface area (Å²) in [5, 5.41) is 2.15. The van der Waals surface area contributed by atoms with Crippen LogP contribution in [0.5, 0.6) is 11.5 Å². The van der Waals surface area contributed by atoms with Crippen molar-refractivity contribution < 1.29 is 23.0 Å². The van der Waals surface area contributed by atoms with Gasteiger partial charge in [0.05, 0.1) is 0 Å². The first-order chi connectivity index (χ1) is 10.5. The zero-order chi connectivity index (χ0) is 15.6. The molecule has 7 heteroatoms. The predicted molar refractivity (Wildman–Crippen MR) is 82.4 cm³/mol. The van der Waals surface area contributed by atoms with E-state index in [9.17, 15) is 13.6 Å². The second kappa shape index (κ2) is 6.83. The molecule has 2 aromatic rings. The maximum atomic E-state index is 13.9. The van der Waals surface area contributed by atoms with E-state index in [4.69, 9.17) is 4.74 Å². The van der Waals surface area contributed by atoms with Gasteiger partial charge in [-0.3, -0.25) is 0 Å². The lowest BCUT2D eigenvalue weighted by Crippen LogP contribution is -2.49. The minimum Gasteiger partial charge on any atom is -0.457 e. The minimum absolute atomic E-state index is 0. The third kappa shape index (κ3) is 3.90. The number of hydrogen-bond acceptors (Lipinski definition) is 3. The number of rotatable bonds is 3. The van der Waals surface area contributed by atoms with Gasteiger partial charge in [-0.15, -0.1) is 12.4 Å². The summed E-state index contributed by atoms with van der Waals surface area (Å²) >= 11 is 0. The molecule has 0 radical (unpaired) electrons. The molecule has 122 valence electrons. The van der Waals surface area contributed by atoms with Crippen LogP contribution in [0, 0.1) is 0 Å². The Labute approximate surface area is 137 Å². The van der Waals surface area contributed by atoms with Gasteiger partial charge in [0.15, 0.2) is 6.61 Å². The van der Waals surface area contributed by atoms with E-state index in [0.29, 0.717) is 11.5 Å². The van der Waals surface area contributed by atoms with E-state index in [2.05, 4.69) is 10.1 Å². The maximum absolute atomic E-state index is 13.9. The number of ether oxygens (including phenoxy) is 2. The van der Waals surface area contributed by atoms with Crippen molar-refractivity contribution in [3.63, 3.8) is 0 Å². The first-order valence-corrected chi connectivity index (χ1v) is 6.68. The Bertz CT molecular complexity index is 682. The van der Waals surface area contributed by atoms with Crippen molar-refractivity contribution in [3.05, 3.63) is 60.2 Å². The number of cyclic esters (lactones) is 1. The minimum atomic E-state index is -3.18. The number of carbonyl (C=O) groups excluding carboxylic acids is 1. The number of carbonyl (C=O) groups is 1. The van der Waals surface area contributed by atoms with Gasteiger partial charge in [0, 0.05) is 0 Å². The molecular weight excluding hydrogens is 328 g/mol. The first kappa shape index (κ1) is 17.0. The second-order valence-electron chi connectivity index (χ2n) is 4.90. The van der Waals surface area contributed by atoms with Crippen molar-refractivity contribution in [3.8, 4) is 11.5 Å². The fraction of sp³-hybridized carbons (Fsp3) is 0.188. The summed E-state index contributed by atoms with van der Waals surface area (Å²) < 4.78 is 37.8. The summed E-state index contributed by atoms with van der Waals surface area (Å²) in [5.74, 6) is -2.16. The largest absolute Gasteiger partial charge is 0.457 e. The van der Waals surface area contributed by atoms with Gasteiger partial charge in [-0.25, -0.2) is 13.6 Å². The molecule has 0 aliphatic carbocycles. The fourth-order valence-electron chi connectivity index (χ4n) is 2.22. The second-order valence-corrected chi connectivity index (χ2v) is 4.90. The summed E-state index contributed by atoms with van der Waals surface area (Å²) in [7, 11) is 0. The number of alkyl carbamates (subject to hydrolysis) is 1. The quantitative estimate of drug-likeness (QED) is 0.904. The molecule has 2 aromatic carbocycles. The molecule has 0 saturated carbocycles. The number of amides is 1. The Morgan fingerprint density at radius 3 is 2.52 bits per heavy atom. The number of nitrogens with one attached hydrogen (secondary N) is 1. The highest BCUT2D eigenvalue weighted by atomic mass is 35.5. The number of hydrogen-bond donors (Lipinski definition) is 1. The fourth-order valence-corrected chi connectivity index (χ4v) is 2.22. The predicted octanol–water partition coefficient (Wildman–Crippen LogP) is 4.32. The van der Waals surface area contributed by atoms with Crippen LogP contribution in [0.25, 0.3) is 0 Å². The molecule has 3 rings (SSSR count). The van der Waals surface area contributed by atoms with Crippen molar-refractivity contribution >= 4 is 18.5 Å². The lowest BCUT2D eigenvalue weighted by molar-refractivity contribution is -0.104. The van der Waals surface area contributed by atoms with Crippen molar-refractivity contribution in [2.75, 3.05) is 6.61 Å². The van der Waals surface area contributed by atoms with E-state index in [0.717, 1.165) is 0 Å². The van der Waals surface area contributed by atoms with Crippen molar-refractivity contribution in [2.24, 2.45) is 0 Å². The third-order valence-corrected chi connectivity index (χ3v) is 3.25. The average molecular weight is 342 g/mol. The van der Waals surface area contributed by atoms with Crippen LogP contribution in [-0.2, 0) is 4.74 Å². The van der Waals surface area contributed by atoms with Gasteiger partial charge in [0.2, 0.25) is 0 Å². The molecule has 1 aliphatic heterocycles. The molecule has 23 heavy (non-hydrogen) atoms. The molecular formula is C16H14ClF2NO3. The zero-order valence-corrected chi connectivity index (χ0v) is 12.7. The number of para-hydroxylation sites is 1. The summed E-state index contributed by atoms with van der Waals surface area (Å²) in [6.45, 7) is -0.937. The summed E-state index contributed by atoms with van der Waals surface area (Å²) in [6, 6.07) is 13.8. The lowest BCUT2D eigenvalue weighted by atomic mass is 10.00. The van der Waals surface area contributed by atoms with E-state index < -0.39 is 24.7 Å². The van der Waals surface area contributed by atoms with Gasteiger partial charge in [-0.1, -0.05) is 30.3 Å². The number of benzene rings is 2. The highest BCUT2D eigenvalue weighted by Crippen LogP contribution is 2.36. The standard InChI is InChI=1S/C16H13F2NO3.ClH/c17-16(18)10-21-15(20)19-14(16)11-5-4-8-13(9-11)22-12-6-2-1-3-7-12;/h1-9,14H,10H2,(H,19,20);1H/t14-;/m1./s1. The third-order valence-electron chi connectivity index (χ3n) is 3.25. The average Bonchev–Trinajstić information content (AvgIpc) is 2.51. The van der Waals surface area contributed by atoms with Crippen molar-refractivity contribution in [1.82, 2.24) is 5.32 Å². The highest BCUT2D eigenvalue weighted by Gasteiger charge is 2.46. The van der Waals surface area contributed by atoms with E-state index >= 15 is 0 Å². The summed E-state index contributed by atoms with van der Waals surface area (Å²) in [4.78, 5) is 11.2. The van der Waals surface area contributed by atoms with Gasteiger partial charge in [0.25, 0.3) is 0 Å². The molecule has 0 bridgehead atoms. The van der Waals surface area contributed by atoms with Crippen LogP contribution < -0.4 is 10.1 Å². The van der Waals surface area contributed by atoms with E-state index in [-0.39, 0.29) is 18.0 Å². The Morgan fingerprint density at radius 2 is 1.78 bits per heavy atom. The van der Waals surface area contributed by atoms with Gasteiger partial charge >= 0.3 is 12.0 Å². The van der Waals surface area contributed by atoms with Crippen LogP contribution in [0.15, 0.2) is 54.6 Å². The lowest BCUT2D eigenvalue weighted by Gasteiger charge is -2.31. The molecule has 4 nitrogen and oxygen atoms in total. The number of halogens is 3. The van der Waals surface area contributed by atoms with Crippen LogP contribution in [0.3, 0.4) is 0 Å². The molecule has 0 spiro atoms. The summed E-state index contributed by atoms with van der Waals surface area (Å²) in [5.41, 5.74) is 0.259. The molecule has 1 heterocycles. The summed E-state index contributed by atoms with van der Waals surface area (Å²) in [6.07, 6.45) is -0.856.